The van der Waals surface area contributed by atoms with Crippen LogP contribution in [0.4, 0.5) is 5.69 Å². The number of amides is 2. The molecule has 3 aromatic carbocycles. The zero-order chi connectivity index (χ0) is 26.1. The highest BCUT2D eigenvalue weighted by atomic mass is 16.7. The Morgan fingerprint density at radius 3 is 2.34 bits per heavy atom. The summed E-state index contributed by atoms with van der Waals surface area (Å²) in [7, 11) is 0. The maximum Gasteiger partial charge on any atom is 0.240 e. The third-order valence-electron chi connectivity index (χ3n) is 7.92. The van der Waals surface area contributed by atoms with E-state index in [1.807, 2.05) is 41.4 Å². The van der Waals surface area contributed by atoms with Gasteiger partial charge in [-0.05, 0) is 66.6 Å². The van der Waals surface area contributed by atoms with Gasteiger partial charge < -0.3 is 14.4 Å². The van der Waals surface area contributed by atoms with Crippen LogP contribution in [0, 0.1) is 11.8 Å². The Kier molecular flexibility index (Phi) is 4.82. The number of hydrogen-bond acceptors (Lipinski definition) is 7. The van der Waals surface area contributed by atoms with Crippen molar-refractivity contribution in [1.82, 2.24) is 4.90 Å². The van der Waals surface area contributed by atoms with Gasteiger partial charge in [-0.2, -0.15) is 0 Å². The molecule has 2 fully saturated rings. The van der Waals surface area contributed by atoms with Crippen LogP contribution in [-0.2, 0) is 9.59 Å². The molecule has 0 spiro atoms. The van der Waals surface area contributed by atoms with Crippen LogP contribution in [0.1, 0.15) is 44.8 Å². The van der Waals surface area contributed by atoms with Crippen LogP contribution < -0.4 is 14.4 Å². The summed E-state index contributed by atoms with van der Waals surface area (Å²) in [5, 5.41) is 0. The first-order valence-corrected chi connectivity index (χ1v) is 12.4. The van der Waals surface area contributed by atoms with Gasteiger partial charge in [-0.25, -0.2) is 4.90 Å². The number of rotatable bonds is 4. The maximum atomic E-state index is 14.1. The molecule has 4 aliphatic heterocycles. The quantitative estimate of drug-likeness (QED) is 0.390. The third-order valence-corrected chi connectivity index (χ3v) is 7.92. The lowest BCUT2D eigenvalue weighted by Crippen LogP contribution is -2.44. The fourth-order valence-corrected chi connectivity index (χ4v) is 6.18. The number of carbonyl (C=O) groups excluding carboxylic acids is 4. The Hall–Kier alpha value is -4.72. The number of ketones is 2. The minimum Gasteiger partial charge on any atom is -0.454 e. The van der Waals surface area contributed by atoms with Crippen LogP contribution >= 0.6 is 0 Å². The third kappa shape index (κ3) is 3.09. The molecule has 4 unspecified atom stereocenters. The molecule has 0 aromatic heterocycles. The number of ether oxygens (including phenoxy) is 2. The zero-order valence-corrected chi connectivity index (χ0v) is 20.4. The van der Waals surface area contributed by atoms with Crippen molar-refractivity contribution in [2.24, 2.45) is 11.8 Å². The molecule has 8 nitrogen and oxygen atoms in total. The van der Waals surface area contributed by atoms with Crippen molar-refractivity contribution in [2.75, 3.05) is 11.7 Å². The zero-order valence-electron chi connectivity index (χ0n) is 20.4. The van der Waals surface area contributed by atoms with Crippen molar-refractivity contribution in [2.45, 2.75) is 19.0 Å². The van der Waals surface area contributed by atoms with Crippen LogP contribution in [0.15, 0.2) is 72.9 Å². The Labute approximate surface area is 218 Å². The van der Waals surface area contributed by atoms with E-state index in [2.05, 4.69) is 0 Å². The molecule has 2 saturated heterocycles. The molecular weight excluding hydrogens is 484 g/mol. The second-order valence-electron chi connectivity index (χ2n) is 9.88. The summed E-state index contributed by atoms with van der Waals surface area (Å²) in [6.45, 7) is 1.54. The Morgan fingerprint density at radius 1 is 0.842 bits per heavy atom. The summed E-state index contributed by atoms with van der Waals surface area (Å²) < 4.78 is 10.9. The van der Waals surface area contributed by atoms with E-state index >= 15 is 0 Å². The molecule has 4 aliphatic rings. The second-order valence-corrected chi connectivity index (χ2v) is 9.88. The molecule has 3 aromatic rings. The highest BCUT2D eigenvalue weighted by Gasteiger charge is 2.64. The molecule has 0 N–H and O–H groups in total. The van der Waals surface area contributed by atoms with Crippen LogP contribution in [0.25, 0.3) is 6.08 Å². The minimum absolute atomic E-state index is 0.0825. The smallest absolute Gasteiger partial charge is 0.240 e. The number of benzene rings is 3. The fourth-order valence-electron chi connectivity index (χ4n) is 6.18. The molecule has 0 bridgehead atoms. The van der Waals surface area contributed by atoms with Gasteiger partial charge in [-0.3, -0.25) is 19.2 Å². The Bertz CT molecular complexity index is 1580. The van der Waals surface area contributed by atoms with E-state index in [1.165, 1.54) is 11.8 Å². The van der Waals surface area contributed by atoms with Gasteiger partial charge in [-0.1, -0.05) is 24.3 Å². The molecule has 0 aliphatic carbocycles. The van der Waals surface area contributed by atoms with E-state index in [1.54, 1.807) is 42.5 Å². The van der Waals surface area contributed by atoms with Crippen molar-refractivity contribution in [3.63, 3.8) is 0 Å². The summed E-state index contributed by atoms with van der Waals surface area (Å²) in [6.07, 6.45) is 3.74. The van der Waals surface area contributed by atoms with E-state index in [9.17, 15) is 19.2 Å². The van der Waals surface area contributed by atoms with Crippen LogP contribution in [0.3, 0.4) is 0 Å². The monoisotopic (exact) mass is 506 g/mol. The fraction of sp³-hybridized carbons (Fsp3) is 0.200. The molecule has 0 saturated carbocycles. The van der Waals surface area contributed by atoms with Gasteiger partial charge in [0.1, 0.15) is 6.04 Å². The second kappa shape index (κ2) is 8.14. The number of imide groups is 1. The molecule has 4 heterocycles. The van der Waals surface area contributed by atoms with Gasteiger partial charge >= 0.3 is 0 Å². The normalized spacial score (nSPS) is 24.3. The standard InChI is InChI=1S/C30H22N2O6/c1-16(33)17-6-9-20(10-7-17)32-29(35)24-25(30(32)36)27(28(34)19-8-11-22-23(14-19)38-15-37-22)31-13-12-18-4-2-3-5-21(18)26(24)31/h2-14,24-27H,15H2,1H3. The van der Waals surface area contributed by atoms with Crippen molar-refractivity contribution < 1.29 is 28.7 Å². The summed E-state index contributed by atoms with van der Waals surface area (Å²) in [6, 6.07) is 17.8. The molecule has 188 valence electrons. The van der Waals surface area contributed by atoms with Gasteiger partial charge in [-0.15, -0.1) is 0 Å². The van der Waals surface area contributed by atoms with Crippen molar-refractivity contribution in [3.05, 3.63) is 95.2 Å². The molecule has 0 radical (unpaired) electrons. The summed E-state index contributed by atoms with van der Waals surface area (Å²) in [4.78, 5) is 56.9. The van der Waals surface area contributed by atoms with Gasteiger partial charge in [0.05, 0.1) is 23.6 Å². The first-order valence-electron chi connectivity index (χ1n) is 12.4. The highest BCUT2D eigenvalue weighted by molar-refractivity contribution is 6.24. The number of carbonyl (C=O) groups is 4. The average Bonchev–Trinajstić information content (AvgIpc) is 3.61. The molecule has 7 rings (SSSR count). The van der Waals surface area contributed by atoms with E-state index in [4.69, 9.17) is 9.47 Å². The first-order chi connectivity index (χ1) is 18.4. The van der Waals surface area contributed by atoms with Crippen LogP contribution in [0.5, 0.6) is 11.5 Å². The topological polar surface area (TPSA) is 93.2 Å². The van der Waals surface area contributed by atoms with E-state index in [0.717, 1.165) is 11.1 Å². The SMILES string of the molecule is CC(=O)c1ccc(N2C(=O)C3C(C2=O)C2c4ccccc4C=CN2C3C(=O)c2ccc3c(c2)OCO3)cc1. The van der Waals surface area contributed by atoms with Gasteiger partial charge in [0, 0.05) is 17.3 Å². The summed E-state index contributed by atoms with van der Waals surface area (Å²) in [5.41, 5.74) is 3.12. The predicted octanol–water partition coefficient (Wildman–Crippen LogP) is 4.02. The lowest BCUT2D eigenvalue weighted by atomic mass is 9.83. The molecule has 4 atom stereocenters. The van der Waals surface area contributed by atoms with Crippen LogP contribution in [-0.4, -0.2) is 41.1 Å². The lowest BCUT2D eigenvalue weighted by molar-refractivity contribution is -0.123. The van der Waals surface area contributed by atoms with E-state index < -0.39 is 29.8 Å². The Balaban J connectivity index is 1.34. The van der Waals surface area contributed by atoms with Crippen molar-refractivity contribution >= 4 is 35.1 Å². The van der Waals surface area contributed by atoms with Gasteiger partial charge in [0.2, 0.25) is 18.6 Å². The number of nitrogens with zero attached hydrogens (tertiary/aromatic N) is 2. The number of fused-ring (bicyclic) bond motifs is 6. The Morgan fingerprint density at radius 2 is 1.55 bits per heavy atom. The number of Topliss-reactive ketones (excluding diaryl/α,β-unsaturated/α-hetero) is 2. The molecule has 2 amide bonds. The van der Waals surface area contributed by atoms with Gasteiger partial charge in [0.25, 0.3) is 0 Å². The summed E-state index contributed by atoms with van der Waals surface area (Å²) in [5.74, 6) is -1.74. The number of hydrogen-bond donors (Lipinski definition) is 0. The maximum absolute atomic E-state index is 14.1. The predicted molar refractivity (Wildman–Crippen MR) is 137 cm³/mol. The van der Waals surface area contributed by atoms with E-state index in [-0.39, 0.29) is 24.3 Å². The van der Waals surface area contributed by atoms with Crippen molar-refractivity contribution in [1.29, 1.82) is 0 Å². The molecule has 8 heteroatoms. The van der Waals surface area contributed by atoms with Gasteiger partial charge in [0.15, 0.2) is 23.1 Å². The molecular formula is C30H22N2O6. The molecule has 38 heavy (non-hydrogen) atoms. The average molecular weight is 507 g/mol. The van der Waals surface area contributed by atoms with Crippen molar-refractivity contribution in [3.8, 4) is 11.5 Å². The highest BCUT2D eigenvalue weighted by Crippen LogP contribution is 2.54. The lowest BCUT2D eigenvalue weighted by Gasteiger charge is -2.35. The minimum atomic E-state index is -0.882. The largest absolute Gasteiger partial charge is 0.454 e. The first kappa shape index (κ1) is 22.5. The number of anilines is 1. The van der Waals surface area contributed by atoms with Crippen LogP contribution in [0.2, 0.25) is 0 Å². The summed E-state index contributed by atoms with van der Waals surface area (Å²) >= 11 is 0. The van der Waals surface area contributed by atoms with E-state index in [0.29, 0.717) is 28.3 Å².